The second-order valence-corrected chi connectivity index (χ2v) is 22.1. The Balaban J connectivity index is 3.77. The van der Waals surface area contributed by atoms with Crippen molar-refractivity contribution >= 4 is 26.2 Å². The summed E-state index contributed by atoms with van der Waals surface area (Å²) in [6.07, 6.45) is 13.9. The molecule has 0 nitrogen and oxygen atoms in total. The van der Waals surface area contributed by atoms with Gasteiger partial charge in [0.1, 0.15) is 0 Å². The van der Waals surface area contributed by atoms with Crippen LogP contribution in [0.2, 0.25) is 13.3 Å². The van der Waals surface area contributed by atoms with Gasteiger partial charge in [0, 0.05) is 0 Å². The molecule has 0 amide bonds. The van der Waals surface area contributed by atoms with Gasteiger partial charge in [0.05, 0.1) is 0 Å². The number of unbranched alkanes of at least 4 members (excludes halogenated alkanes) is 7. The second kappa shape index (κ2) is 13.1. The van der Waals surface area contributed by atoms with Crippen LogP contribution >= 0.6 is 8.92 Å². The predicted octanol–water partition coefficient (Wildman–Crippen LogP) is 7.13. The number of halogens is 1. The van der Waals surface area contributed by atoms with E-state index in [4.69, 9.17) is 8.92 Å². The average molecular weight is 382 g/mol. The van der Waals surface area contributed by atoms with Crippen LogP contribution in [0, 0.1) is 0 Å². The first-order valence-corrected chi connectivity index (χ1v) is 18.0. The maximum atomic E-state index is 7.05. The Morgan fingerprint density at radius 1 is 0.556 bits per heavy atom. The molecule has 0 aromatic carbocycles. The Morgan fingerprint density at radius 2 is 0.944 bits per heavy atom. The molecule has 0 spiro atoms. The van der Waals surface area contributed by atoms with Crippen LogP contribution in [0.25, 0.3) is 0 Å². The van der Waals surface area contributed by atoms with Crippen molar-refractivity contribution in [1.29, 1.82) is 0 Å². The van der Waals surface area contributed by atoms with Crippen LogP contribution in [0.3, 0.4) is 0 Å². The molecule has 0 unspecified atom stereocenters. The van der Waals surface area contributed by atoms with Crippen molar-refractivity contribution in [3.8, 4) is 0 Å². The van der Waals surface area contributed by atoms with E-state index in [1.54, 1.807) is 0 Å². The molecule has 0 saturated heterocycles. The molecule has 2 heteroatoms. The SMILES string of the molecule is CCCCCCC[CH2][Sn]([Cl])([CH2]CCC)[CH2]CCC. The van der Waals surface area contributed by atoms with Crippen molar-refractivity contribution in [2.75, 3.05) is 0 Å². The summed E-state index contributed by atoms with van der Waals surface area (Å²) in [6.45, 7) is 6.89. The first-order chi connectivity index (χ1) is 8.68. The van der Waals surface area contributed by atoms with Crippen molar-refractivity contribution < 1.29 is 0 Å². The quantitative estimate of drug-likeness (QED) is 0.235. The molecule has 0 bridgehead atoms. The summed E-state index contributed by atoms with van der Waals surface area (Å²) < 4.78 is 4.31. The predicted molar refractivity (Wildman–Crippen MR) is 89.2 cm³/mol. The fourth-order valence-electron chi connectivity index (χ4n) is 2.58. The van der Waals surface area contributed by atoms with Crippen molar-refractivity contribution in [3.05, 3.63) is 0 Å². The third-order valence-corrected chi connectivity index (χ3v) is 18.4. The molecule has 0 aliphatic heterocycles. The van der Waals surface area contributed by atoms with Gasteiger partial charge >= 0.3 is 124 Å². The molecule has 0 radical (unpaired) electrons. The van der Waals surface area contributed by atoms with Gasteiger partial charge in [-0.25, -0.2) is 0 Å². The van der Waals surface area contributed by atoms with Gasteiger partial charge in [0.15, 0.2) is 0 Å². The summed E-state index contributed by atoms with van der Waals surface area (Å²) >= 11 is -2.16. The van der Waals surface area contributed by atoms with Gasteiger partial charge in [-0.1, -0.05) is 0 Å². The molecule has 0 aliphatic rings. The van der Waals surface area contributed by atoms with Crippen molar-refractivity contribution in [2.24, 2.45) is 0 Å². The summed E-state index contributed by atoms with van der Waals surface area (Å²) in [5.74, 6) is 0. The van der Waals surface area contributed by atoms with E-state index in [9.17, 15) is 0 Å². The van der Waals surface area contributed by atoms with E-state index in [0.29, 0.717) is 0 Å². The molecule has 18 heavy (non-hydrogen) atoms. The molecule has 110 valence electrons. The maximum absolute atomic E-state index is 7.05. The third kappa shape index (κ3) is 11.0. The second-order valence-electron chi connectivity index (χ2n) is 5.88. The van der Waals surface area contributed by atoms with Crippen LogP contribution in [0.15, 0.2) is 0 Å². The standard InChI is InChI=1S/C8H17.2C4H9.ClH.Sn/c1-3-5-7-8-6-4-2;2*1-3-4-2;;/h1,3-8H2,2H3;2*1,3-4H2,2H3;1H;/q;;;;+1/p-1. The first-order valence-electron chi connectivity index (χ1n) is 8.37. The van der Waals surface area contributed by atoms with Gasteiger partial charge in [0.25, 0.3) is 0 Å². The minimum absolute atomic E-state index is 1.33. The van der Waals surface area contributed by atoms with Crippen LogP contribution in [0.4, 0.5) is 0 Å². The van der Waals surface area contributed by atoms with Crippen molar-refractivity contribution in [3.63, 3.8) is 0 Å². The summed E-state index contributed by atoms with van der Waals surface area (Å²) in [6, 6.07) is 0. The van der Waals surface area contributed by atoms with Crippen LogP contribution in [0.1, 0.15) is 85.0 Å². The van der Waals surface area contributed by atoms with Crippen LogP contribution in [-0.2, 0) is 0 Å². The van der Waals surface area contributed by atoms with Gasteiger partial charge in [-0.3, -0.25) is 0 Å². The molecule has 0 saturated carbocycles. The Morgan fingerprint density at radius 3 is 1.44 bits per heavy atom. The zero-order valence-electron chi connectivity index (χ0n) is 13.1. The van der Waals surface area contributed by atoms with Crippen molar-refractivity contribution in [2.45, 2.75) is 98.3 Å². The fraction of sp³-hybridized carbons (Fsp3) is 1.00. The molecule has 0 atom stereocenters. The average Bonchev–Trinajstić information content (AvgIpc) is 2.38. The van der Waals surface area contributed by atoms with Gasteiger partial charge in [-0.2, -0.15) is 0 Å². The van der Waals surface area contributed by atoms with Crippen LogP contribution in [-0.4, -0.2) is 17.3 Å². The van der Waals surface area contributed by atoms with E-state index in [1.165, 1.54) is 77.5 Å². The minimum atomic E-state index is -2.16. The van der Waals surface area contributed by atoms with E-state index in [2.05, 4.69) is 20.8 Å². The Bertz CT molecular complexity index is 162. The van der Waals surface area contributed by atoms with E-state index in [1.807, 2.05) is 0 Å². The van der Waals surface area contributed by atoms with Gasteiger partial charge in [-0.15, -0.1) is 0 Å². The summed E-state index contributed by atoms with van der Waals surface area (Å²) in [7, 11) is 7.05. The van der Waals surface area contributed by atoms with Crippen LogP contribution in [0.5, 0.6) is 0 Å². The molecule has 0 aliphatic carbocycles. The Labute approximate surface area is 124 Å². The number of rotatable bonds is 13. The Kier molecular flexibility index (Phi) is 13.9. The summed E-state index contributed by atoms with van der Waals surface area (Å²) in [5.41, 5.74) is 0. The molecular formula is C16H35ClSn. The summed E-state index contributed by atoms with van der Waals surface area (Å²) in [5, 5.41) is 0. The zero-order chi connectivity index (χ0) is 13.7. The van der Waals surface area contributed by atoms with Crippen LogP contribution < -0.4 is 0 Å². The van der Waals surface area contributed by atoms with Gasteiger partial charge in [-0.05, 0) is 0 Å². The number of hydrogen-bond acceptors (Lipinski definition) is 0. The topological polar surface area (TPSA) is 0 Å². The molecule has 0 aromatic heterocycles. The van der Waals surface area contributed by atoms with E-state index < -0.39 is 17.3 Å². The molecule has 0 heterocycles. The Hall–Kier alpha value is 1.09. The van der Waals surface area contributed by atoms with E-state index in [-0.39, 0.29) is 0 Å². The number of hydrogen-bond donors (Lipinski definition) is 0. The summed E-state index contributed by atoms with van der Waals surface area (Å²) in [4.78, 5) is 0. The van der Waals surface area contributed by atoms with E-state index in [0.717, 1.165) is 0 Å². The molecule has 0 fully saturated rings. The van der Waals surface area contributed by atoms with Crippen molar-refractivity contribution in [1.82, 2.24) is 0 Å². The molecule has 0 rings (SSSR count). The fourth-order valence-corrected chi connectivity index (χ4v) is 15.6. The molecule has 0 aromatic rings. The molecule has 0 N–H and O–H groups in total. The van der Waals surface area contributed by atoms with E-state index >= 15 is 0 Å². The van der Waals surface area contributed by atoms with Gasteiger partial charge < -0.3 is 0 Å². The van der Waals surface area contributed by atoms with Gasteiger partial charge in [0.2, 0.25) is 0 Å². The first kappa shape index (κ1) is 19.1. The third-order valence-electron chi connectivity index (χ3n) is 3.94. The monoisotopic (exact) mass is 382 g/mol. The normalized spacial score (nSPS) is 12.0. The zero-order valence-corrected chi connectivity index (χ0v) is 16.7. The molecular weight excluding hydrogens is 346 g/mol.